The van der Waals surface area contributed by atoms with Crippen LogP contribution in [0, 0.1) is 0 Å². The second kappa shape index (κ2) is 7.13. The molecule has 118 valence electrons. The number of alkyl halides is 3. The van der Waals surface area contributed by atoms with Crippen molar-refractivity contribution in [3.05, 3.63) is 28.8 Å². The number of benzene rings is 1. The second-order valence-electron chi connectivity index (χ2n) is 4.43. The van der Waals surface area contributed by atoms with Crippen LogP contribution in [0.4, 0.5) is 23.7 Å². The zero-order valence-corrected chi connectivity index (χ0v) is 12.8. The molecular weight excluding hydrogens is 329 g/mol. The molecule has 0 saturated heterocycles. The zero-order valence-electron chi connectivity index (χ0n) is 11.3. The number of hydrogen-bond acceptors (Lipinski definition) is 2. The number of halogens is 4. The van der Waals surface area contributed by atoms with Gasteiger partial charge in [0.05, 0.1) is 10.6 Å². The summed E-state index contributed by atoms with van der Waals surface area (Å²) in [7, 11) is -1.09. The molecule has 0 heterocycles. The van der Waals surface area contributed by atoms with Crippen LogP contribution in [-0.2, 0) is 17.0 Å². The van der Waals surface area contributed by atoms with E-state index in [-0.39, 0.29) is 17.5 Å². The highest BCUT2D eigenvalue weighted by atomic mass is 35.5. The number of amides is 2. The van der Waals surface area contributed by atoms with Crippen molar-refractivity contribution in [3.8, 4) is 0 Å². The summed E-state index contributed by atoms with van der Waals surface area (Å²) in [6.45, 7) is 1.64. The van der Waals surface area contributed by atoms with Gasteiger partial charge < -0.3 is 10.6 Å². The molecule has 0 radical (unpaired) electrons. The summed E-state index contributed by atoms with van der Waals surface area (Å²) in [6.07, 6.45) is -3.11. The minimum atomic E-state index is -4.60. The first-order valence-corrected chi connectivity index (χ1v) is 7.94. The van der Waals surface area contributed by atoms with Crippen LogP contribution in [-0.4, -0.2) is 28.3 Å². The first kappa shape index (κ1) is 17.8. The van der Waals surface area contributed by atoms with Gasteiger partial charge in [0.15, 0.2) is 0 Å². The van der Waals surface area contributed by atoms with E-state index in [2.05, 4.69) is 10.6 Å². The van der Waals surface area contributed by atoms with Crippen molar-refractivity contribution in [3.63, 3.8) is 0 Å². The lowest BCUT2D eigenvalue weighted by Gasteiger charge is -2.15. The smallest absolute Gasteiger partial charge is 0.334 e. The van der Waals surface area contributed by atoms with Gasteiger partial charge in [0.25, 0.3) is 0 Å². The van der Waals surface area contributed by atoms with Gasteiger partial charge >= 0.3 is 12.2 Å². The zero-order chi connectivity index (χ0) is 16.2. The highest BCUT2D eigenvalue weighted by Crippen LogP contribution is 2.36. The molecule has 9 heteroatoms. The fraction of sp³-hybridized carbons (Fsp3) is 0.417. The lowest BCUT2D eigenvalue weighted by atomic mass is 10.2. The summed E-state index contributed by atoms with van der Waals surface area (Å²) in [5, 5.41) is 4.31. The van der Waals surface area contributed by atoms with Crippen LogP contribution in [0.25, 0.3) is 0 Å². The molecule has 2 N–H and O–H groups in total. The van der Waals surface area contributed by atoms with Crippen molar-refractivity contribution in [2.45, 2.75) is 19.1 Å². The Labute approximate surface area is 127 Å². The number of carbonyl (C=O) groups is 1. The third-order valence-corrected chi connectivity index (χ3v) is 3.69. The molecule has 1 aromatic rings. The molecule has 0 aromatic heterocycles. The molecule has 2 amide bonds. The van der Waals surface area contributed by atoms with E-state index in [1.165, 1.54) is 12.3 Å². The highest BCUT2D eigenvalue weighted by molar-refractivity contribution is 7.84. The Kier molecular flexibility index (Phi) is 6.03. The molecule has 1 aromatic carbocycles. The van der Waals surface area contributed by atoms with E-state index in [1.807, 2.05) is 0 Å². The maximum absolute atomic E-state index is 12.7. The average Bonchev–Trinajstić information content (AvgIpc) is 2.28. The monoisotopic (exact) mass is 342 g/mol. The number of rotatable bonds is 4. The van der Waals surface area contributed by atoms with Crippen molar-refractivity contribution < 1.29 is 22.2 Å². The Bertz CT molecular complexity index is 552. The van der Waals surface area contributed by atoms with E-state index in [4.69, 9.17) is 11.6 Å². The Morgan fingerprint density at radius 3 is 2.57 bits per heavy atom. The van der Waals surface area contributed by atoms with Crippen molar-refractivity contribution in [2.24, 2.45) is 0 Å². The van der Waals surface area contributed by atoms with Crippen LogP contribution >= 0.6 is 11.6 Å². The predicted octanol–water partition coefficient (Wildman–Crippen LogP) is 3.25. The van der Waals surface area contributed by atoms with Crippen LogP contribution in [0.2, 0.25) is 5.02 Å². The van der Waals surface area contributed by atoms with Gasteiger partial charge in [-0.15, -0.1) is 0 Å². The standard InChI is InChI=1S/C12H14ClF3N2O2S/c1-7(6-21(2)20)17-11(19)18-8-3-4-10(13)9(5-8)12(14,15)16/h3-5,7H,6H2,1-2H3,(H2,17,18,19)/t7-,21+/m0/s1. The van der Waals surface area contributed by atoms with E-state index in [1.54, 1.807) is 6.92 Å². The summed E-state index contributed by atoms with van der Waals surface area (Å²) < 4.78 is 49.0. The van der Waals surface area contributed by atoms with E-state index >= 15 is 0 Å². The fourth-order valence-electron chi connectivity index (χ4n) is 1.60. The summed E-state index contributed by atoms with van der Waals surface area (Å²) in [4.78, 5) is 11.6. The van der Waals surface area contributed by atoms with E-state index in [0.717, 1.165) is 12.1 Å². The number of hydrogen-bond donors (Lipinski definition) is 2. The number of nitrogens with one attached hydrogen (secondary N) is 2. The number of carbonyl (C=O) groups excluding carboxylic acids is 1. The third-order valence-electron chi connectivity index (χ3n) is 2.39. The molecule has 0 bridgehead atoms. The normalized spacial score (nSPS) is 14.4. The third kappa shape index (κ3) is 5.92. The molecule has 2 atom stereocenters. The molecule has 0 saturated carbocycles. The fourth-order valence-corrected chi connectivity index (χ4v) is 2.62. The molecule has 0 aliphatic heterocycles. The van der Waals surface area contributed by atoms with Crippen LogP contribution in [0.15, 0.2) is 18.2 Å². The lowest BCUT2D eigenvalue weighted by molar-refractivity contribution is -0.137. The highest BCUT2D eigenvalue weighted by Gasteiger charge is 2.33. The Hall–Kier alpha value is -1.28. The van der Waals surface area contributed by atoms with Gasteiger partial charge in [-0.1, -0.05) is 11.6 Å². The molecule has 0 aliphatic carbocycles. The first-order valence-electron chi connectivity index (χ1n) is 5.84. The molecule has 1 rings (SSSR count). The van der Waals surface area contributed by atoms with Gasteiger partial charge in [-0.3, -0.25) is 4.21 Å². The number of anilines is 1. The quantitative estimate of drug-likeness (QED) is 0.882. The van der Waals surface area contributed by atoms with Gasteiger partial charge in [-0.25, -0.2) is 4.79 Å². The van der Waals surface area contributed by atoms with Crippen LogP contribution < -0.4 is 10.6 Å². The largest absolute Gasteiger partial charge is 0.417 e. The Morgan fingerprint density at radius 1 is 1.43 bits per heavy atom. The molecule has 0 spiro atoms. The van der Waals surface area contributed by atoms with Crippen molar-refractivity contribution in [1.29, 1.82) is 0 Å². The minimum Gasteiger partial charge on any atom is -0.334 e. The molecule has 0 fully saturated rings. The van der Waals surface area contributed by atoms with E-state index in [0.29, 0.717) is 0 Å². The maximum atomic E-state index is 12.7. The average molecular weight is 343 g/mol. The van der Waals surface area contributed by atoms with Crippen molar-refractivity contribution >= 4 is 34.1 Å². The topological polar surface area (TPSA) is 58.2 Å². The Balaban J connectivity index is 2.75. The molecule has 21 heavy (non-hydrogen) atoms. The minimum absolute atomic E-state index is 0.0333. The SMILES string of the molecule is C[C@@H](C[S@@](C)=O)NC(=O)Nc1ccc(Cl)c(C(F)(F)F)c1. The van der Waals surface area contributed by atoms with Crippen molar-refractivity contribution in [1.82, 2.24) is 5.32 Å². The van der Waals surface area contributed by atoms with Gasteiger partial charge in [0, 0.05) is 34.5 Å². The summed E-state index contributed by atoms with van der Waals surface area (Å²) >= 11 is 5.48. The summed E-state index contributed by atoms with van der Waals surface area (Å²) in [5.74, 6) is 0.252. The second-order valence-corrected chi connectivity index (χ2v) is 6.32. The van der Waals surface area contributed by atoms with Gasteiger partial charge in [0.1, 0.15) is 0 Å². The van der Waals surface area contributed by atoms with E-state index < -0.39 is 33.6 Å². The van der Waals surface area contributed by atoms with Crippen LogP contribution in [0.5, 0.6) is 0 Å². The van der Waals surface area contributed by atoms with Gasteiger partial charge in [-0.05, 0) is 25.1 Å². The molecule has 0 unspecified atom stereocenters. The summed E-state index contributed by atoms with van der Waals surface area (Å²) in [6, 6.07) is 2.03. The van der Waals surface area contributed by atoms with Gasteiger partial charge in [-0.2, -0.15) is 13.2 Å². The van der Waals surface area contributed by atoms with Crippen LogP contribution in [0.1, 0.15) is 12.5 Å². The van der Waals surface area contributed by atoms with Crippen LogP contribution in [0.3, 0.4) is 0 Å². The van der Waals surface area contributed by atoms with Crippen molar-refractivity contribution in [2.75, 3.05) is 17.3 Å². The number of urea groups is 1. The maximum Gasteiger partial charge on any atom is 0.417 e. The molecular formula is C12H14ClF3N2O2S. The summed E-state index contributed by atoms with van der Waals surface area (Å²) in [5.41, 5.74) is -1.06. The molecule has 0 aliphatic rings. The lowest BCUT2D eigenvalue weighted by Crippen LogP contribution is -2.39. The van der Waals surface area contributed by atoms with Gasteiger partial charge in [0.2, 0.25) is 0 Å². The van der Waals surface area contributed by atoms with E-state index in [9.17, 15) is 22.2 Å². The Morgan fingerprint density at radius 2 is 2.05 bits per heavy atom. The predicted molar refractivity (Wildman–Crippen MR) is 77.0 cm³/mol. The first-order chi connectivity index (χ1) is 9.59. The molecule has 4 nitrogen and oxygen atoms in total.